The normalized spacial score (nSPS) is 30.3. The highest BCUT2D eigenvalue weighted by atomic mass is 16.1. The molecule has 2 aromatic rings. The van der Waals surface area contributed by atoms with E-state index in [1.165, 1.54) is 19.3 Å². The van der Waals surface area contributed by atoms with Crippen molar-refractivity contribution in [2.24, 2.45) is 17.6 Å². The highest BCUT2D eigenvalue weighted by Gasteiger charge is 2.39. The van der Waals surface area contributed by atoms with E-state index in [1.54, 1.807) is 0 Å². The molecule has 4 rings (SSSR count). The number of nitrogens with two attached hydrogens (primary N) is 1. The number of aromatic nitrogens is 2. The van der Waals surface area contributed by atoms with Crippen LogP contribution in [-0.4, -0.2) is 28.2 Å². The van der Waals surface area contributed by atoms with Gasteiger partial charge in [0.2, 0.25) is 5.91 Å². The highest BCUT2D eigenvalue weighted by molar-refractivity contribution is 5.87. The van der Waals surface area contributed by atoms with Crippen molar-refractivity contribution in [2.45, 2.75) is 50.6 Å². The Labute approximate surface area is 136 Å². The highest BCUT2D eigenvalue weighted by Crippen LogP contribution is 2.39. The Morgan fingerprint density at radius 1 is 1.26 bits per heavy atom. The van der Waals surface area contributed by atoms with Crippen LogP contribution in [0.2, 0.25) is 0 Å². The van der Waals surface area contributed by atoms with E-state index < -0.39 is 0 Å². The largest absolute Gasteiger partial charge is 0.352 e. The molecule has 2 aliphatic carbocycles. The maximum Gasteiger partial charge on any atom is 0.226 e. The van der Waals surface area contributed by atoms with Crippen molar-refractivity contribution in [3.05, 3.63) is 30.0 Å². The molecule has 2 fully saturated rings. The molecular formula is C18H24N4O. The monoisotopic (exact) mass is 312 g/mol. The lowest BCUT2D eigenvalue weighted by Gasteiger charge is -2.45. The summed E-state index contributed by atoms with van der Waals surface area (Å²) in [6, 6.07) is 8.53. The summed E-state index contributed by atoms with van der Waals surface area (Å²) in [6.45, 7) is 0. The zero-order valence-electron chi connectivity index (χ0n) is 13.3. The Bertz CT molecular complexity index is 696. The first kappa shape index (κ1) is 14.7. The molecule has 0 aliphatic heterocycles. The van der Waals surface area contributed by atoms with Gasteiger partial charge in [-0.3, -0.25) is 9.89 Å². The molecule has 1 amide bonds. The van der Waals surface area contributed by atoms with Crippen LogP contribution >= 0.6 is 0 Å². The second-order valence-corrected chi connectivity index (χ2v) is 7.17. The van der Waals surface area contributed by atoms with Gasteiger partial charge in [0, 0.05) is 17.5 Å². The summed E-state index contributed by atoms with van der Waals surface area (Å²) < 4.78 is 0. The van der Waals surface area contributed by atoms with Gasteiger partial charge in [0.05, 0.1) is 17.6 Å². The van der Waals surface area contributed by atoms with Crippen LogP contribution < -0.4 is 11.1 Å². The minimum Gasteiger partial charge on any atom is -0.352 e. The topological polar surface area (TPSA) is 83.8 Å². The summed E-state index contributed by atoms with van der Waals surface area (Å²) in [5.41, 5.74) is 7.98. The van der Waals surface area contributed by atoms with Crippen LogP contribution in [0.3, 0.4) is 0 Å². The van der Waals surface area contributed by atoms with E-state index in [4.69, 9.17) is 5.73 Å². The van der Waals surface area contributed by atoms with Crippen LogP contribution in [0.4, 0.5) is 0 Å². The average Bonchev–Trinajstić information content (AvgIpc) is 2.91. The van der Waals surface area contributed by atoms with E-state index in [0.717, 1.165) is 29.4 Å². The molecule has 5 nitrogen and oxygen atoms in total. The molecule has 1 aromatic carbocycles. The molecule has 5 heteroatoms. The third kappa shape index (κ3) is 2.85. The van der Waals surface area contributed by atoms with Gasteiger partial charge in [-0.05, 0) is 43.6 Å². The lowest BCUT2D eigenvalue weighted by molar-refractivity contribution is -0.122. The first-order valence-corrected chi connectivity index (χ1v) is 8.67. The number of carbonyl (C=O) groups excluding carboxylic acids is 1. The number of H-pyrrole nitrogens is 1. The Morgan fingerprint density at radius 2 is 2.00 bits per heavy atom. The fraction of sp³-hybridized carbons (Fsp3) is 0.556. The minimum absolute atomic E-state index is 0.0942. The molecule has 4 N–H and O–H groups in total. The number of hydrogen-bond donors (Lipinski definition) is 3. The number of nitrogens with zero attached hydrogens (tertiary/aromatic N) is 1. The van der Waals surface area contributed by atoms with Crippen molar-refractivity contribution in [2.75, 3.05) is 0 Å². The Kier molecular flexibility index (Phi) is 3.81. The van der Waals surface area contributed by atoms with Crippen LogP contribution in [0.15, 0.2) is 24.3 Å². The smallest absolute Gasteiger partial charge is 0.226 e. The summed E-state index contributed by atoms with van der Waals surface area (Å²) >= 11 is 0. The standard InChI is InChI=1S/C18H24N4O/c19-13-8-11-4-3-5-12(9-13)18(11)20-17(23)10-16-14-6-1-2-7-15(14)21-22-16/h1-2,6-7,11-13,18H,3-5,8-10,19H2,(H,20,23)(H,21,22). The van der Waals surface area contributed by atoms with Crippen LogP contribution in [0, 0.1) is 11.8 Å². The molecule has 2 bridgehead atoms. The van der Waals surface area contributed by atoms with E-state index in [9.17, 15) is 4.79 Å². The predicted molar refractivity (Wildman–Crippen MR) is 89.8 cm³/mol. The number of amides is 1. The van der Waals surface area contributed by atoms with Gasteiger partial charge in [0.15, 0.2) is 0 Å². The van der Waals surface area contributed by atoms with E-state index in [2.05, 4.69) is 15.5 Å². The van der Waals surface area contributed by atoms with Gasteiger partial charge in [0.25, 0.3) is 0 Å². The lowest BCUT2D eigenvalue weighted by Crippen LogP contribution is -2.54. The second-order valence-electron chi connectivity index (χ2n) is 7.17. The number of fused-ring (bicyclic) bond motifs is 3. The van der Waals surface area contributed by atoms with Gasteiger partial charge in [-0.2, -0.15) is 5.10 Å². The SMILES string of the molecule is NC1CC2CCCC(C1)C2NC(=O)Cc1[nH]nc2ccccc12. The second kappa shape index (κ2) is 5.96. The zero-order valence-corrected chi connectivity index (χ0v) is 13.3. The fourth-order valence-electron chi connectivity index (χ4n) is 4.57. The Morgan fingerprint density at radius 3 is 2.78 bits per heavy atom. The summed E-state index contributed by atoms with van der Waals surface area (Å²) in [4.78, 5) is 12.5. The number of carbonyl (C=O) groups is 1. The van der Waals surface area contributed by atoms with E-state index in [0.29, 0.717) is 30.3 Å². The molecule has 1 heterocycles. The Balaban J connectivity index is 1.46. The predicted octanol–water partition coefficient (Wildman–Crippen LogP) is 2.13. The molecular weight excluding hydrogens is 288 g/mol. The summed E-state index contributed by atoms with van der Waals surface area (Å²) in [5.74, 6) is 1.21. The van der Waals surface area contributed by atoms with Crippen LogP contribution in [-0.2, 0) is 11.2 Å². The minimum atomic E-state index is 0.0942. The van der Waals surface area contributed by atoms with Gasteiger partial charge in [-0.25, -0.2) is 0 Å². The molecule has 2 aliphatic rings. The first-order valence-electron chi connectivity index (χ1n) is 8.67. The molecule has 122 valence electrons. The van der Waals surface area contributed by atoms with Gasteiger partial charge >= 0.3 is 0 Å². The number of para-hydroxylation sites is 1. The molecule has 2 atom stereocenters. The van der Waals surface area contributed by atoms with E-state index >= 15 is 0 Å². The van der Waals surface area contributed by atoms with Crippen LogP contribution in [0.5, 0.6) is 0 Å². The summed E-state index contributed by atoms with van der Waals surface area (Å²) in [5, 5.41) is 11.6. The van der Waals surface area contributed by atoms with Gasteiger partial charge in [0.1, 0.15) is 0 Å². The molecule has 2 unspecified atom stereocenters. The molecule has 2 saturated carbocycles. The number of nitrogens with one attached hydrogen (secondary N) is 2. The van der Waals surface area contributed by atoms with Gasteiger partial charge in [-0.15, -0.1) is 0 Å². The van der Waals surface area contributed by atoms with E-state index in [1.807, 2.05) is 24.3 Å². The van der Waals surface area contributed by atoms with Crippen molar-refractivity contribution >= 4 is 16.8 Å². The van der Waals surface area contributed by atoms with Crippen molar-refractivity contribution in [3.8, 4) is 0 Å². The Hall–Kier alpha value is -1.88. The molecule has 0 spiro atoms. The third-order valence-electron chi connectivity index (χ3n) is 5.58. The first-order chi connectivity index (χ1) is 11.2. The van der Waals surface area contributed by atoms with Crippen molar-refractivity contribution in [1.82, 2.24) is 15.5 Å². The quantitative estimate of drug-likeness (QED) is 0.812. The molecule has 1 aromatic heterocycles. The number of rotatable bonds is 3. The van der Waals surface area contributed by atoms with Gasteiger partial charge in [-0.1, -0.05) is 24.6 Å². The van der Waals surface area contributed by atoms with Crippen molar-refractivity contribution in [3.63, 3.8) is 0 Å². The average molecular weight is 312 g/mol. The van der Waals surface area contributed by atoms with Gasteiger partial charge < -0.3 is 11.1 Å². The molecule has 0 saturated heterocycles. The van der Waals surface area contributed by atoms with Crippen molar-refractivity contribution in [1.29, 1.82) is 0 Å². The number of hydrogen-bond acceptors (Lipinski definition) is 3. The summed E-state index contributed by atoms with van der Waals surface area (Å²) in [7, 11) is 0. The van der Waals surface area contributed by atoms with Crippen LogP contribution in [0.1, 0.15) is 37.8 Å². The van der Waals surface area contributed by atoms with Crippen LogP contribution in [0.25, 0.3) is 10.9 Å². The molecule has 0 radical (unpaired) electrons. The molecule has 23 heavy (non-hydrogen) atoms. The maximum absolute atomic E-state index is 12.5. The fourth-order valence-corrected chi connectivity index (χ4v) is 4.57. The third-order valence-corrected chi connectivity index (χ3v) is 5.58. The lowest BCUT2D eigenvalue weighted by atomic mass is 9.67. The van der Waals surface area contributed by atoms with E-state index in [-0.39, 0.29) is 5.91 Å². The number of benzene rings is 1. The summed E-state index contributed by atoms with van der Waals surface area (Å²) in [6.07, 6.45) is 6.13. The maximum atomic E-state index is 12.5. The zero-order chi connectivity index (χ0) is 15.8. The number of aromatic amines is 1. The van der Waals surface area contributed by atoms with Crippen molar-refractivity contribution < 1.29 is 4.79 Å².